The molecule has 0 saturated heterocycles. The van der Waals surface area contributed by atoms with E-state index in [9.17, 15) is 13.2 Å². The minimum atomic E-state index is -4.19. The quantitative estimate of drug-likeness (QED) is 0.855. The number of hydrogen-bond acceptors (Lipinski definition) is 2. The van der Waals surface area contributed by atoms with Gasteiger partial charge in [-0.3, -0.25) is 0 Å². The van der Waals surface area contributed by atoms with Gasteiger partial charge in [0.1, 0.15) is 0 Å². The molecule has 5 heteroatoms. The summed E-state index contributed by atoms with van der Waals surface area (Å²) in [5.74, 6) is 0. The third-order valence-electron chi connectivity index (χ3n) is 3.38. The Morgan fingerprint density at radius 1 is 1.05 bits per heavy atom. The minimum absolute atomic E-state index is 0.0139. The second kappa shape index (κ2) is 6.83. The third-order valence-corrected chi connectivity index (χ3v) is 3.38. The van der Waals surface area contributed by atoms with Crippen LogP contribution in [0.3, 0.4) is 0 Å². The Kier molecular flexibility index (Phi) is 5.08. The Morgan fingerprint density at radius 2 is 1.73 bits per heavy atom. The van der Waals surface area contributed by atoms with Crippen LogP contribution < -0.4 is 5.32 Å². The van der Waals surface area contributed by atoms with Crippen LogP contribution in [-0.4, -0.2) is 11.3 Å². The fourth-order valence-electron chi connectivity index (χ4n) is 2.24. The van der Waals surface area contributed by atoms with E-state index in [0.717, 1.165) is 16.8 Å². The molecule has 0 aliphatic carbocycles. The molecule has 22 heavy (non-hydrogen) atoms. The van der Waals surface area contributed by atoms with Crippen LogP contribution in [-0.2, 0) is 13.0 Å². The van der Waals surface area contributed by atoms with Gasteiger partial charge in [-0.15, -0.1) is 0 Å². The van der Waals surface area contributed by atoms with E-state index in [1.807, 2.05) is 31.2 Å². The van der Waals surface area contributed by atoms with E-state index >= 15 is 0 Å². The molecule has 0 bridgehead atoms. The van der Waals surface area contributed by atoms with E-state index in [1.54, 1.807) is 12.1 Å². The van der Waals surface area contributed by atoms with Crippen molar-refractivity contribution in [1.29, 1.82) is 0 Å². The van der Waals surface area contributed by atoms with Crippen LogP contribution in [0, 0.1) is 0 Å². The third kappa shape index (κ3) is 4.77. The summed E-state index contributed by atoms with van der Waals surface area (Å²) in [4.78, 5) is 0. The summed E-state index contributed by atoms with van der Waals surface area (Å²) >= 11 is 0. The Bertz CT molecular complexity index is 608. The van der Waals surface area contributed by atoms with Crippen molar-refractivity contribution in [3.63, 3.8) is 0 Å². The Balaban J connectivity index is 2.03. The smallest absolute Gasteiger partial charge is 0.392 e. The molecule has 0 aliphatic heterocycles. The molecule has 0 radical (unpaired) electrons. The van der Waals surface area contributed by atoms with Gasteiger partial charge >= 0.3 is 6.18 Å². The number of hydrogen-bond donors (Lipinski definition) is 2. The van der Waals surface area contributed by atoms with Crippen molar-refractivity contribution >= 4 is 5.69 Å². The van der Waals surface area contributed by atoms with Crippen LogP contribution in [0.15, 0.2) is 48.5 Å². The van der Waals surface area contributed by atoms with Gasteiger partial charge in [-0.2, -0.15) is 13.2 Å². The summed E-state index contributed by atoms with van der Waals surface area (Å²) in [5.41, 5.74) is 2.83. The zero-order valence-electron chi connectivity index (χ0n) is 12.2. The van der Waals surface area contributed by atoms with Gasteiger partial charge in [0.05, 0.1) is 13.0 Å². The van der Waals surface area contributed by atoms with Crippen molar-refractivity contribution in [3.05, 3.63) is 65.2 Å². The molecular weight excluding hydrogens is 291 g/mol. The molecule has 0 spiro atoms. The summed E-state index contributed by atoms with van der Waals surface area (Å²) in [5, 5.41) is 12.4. The molecule has 0 amide bonds. The largest absolute Gasteiger partial charge is 0.393 e. The lowest BCUT2D eigenvalue weighted by molar-refractivity contribution is -0.127. The number of rotatable bonds is 5. The number of anilines is 1. The van der Waals surface area contributed by atoms with Crippen LogP contribution in [0.25, 0.3) is 0 Å². The molecule has 2 nitrogen and oxygen atoms in total. The molecule has 2 rings (SSSR count). The highest BCUT2D eigenvalue weighted by atomic mass is 19.4. The zero-order chi connectivity index (χ0) is 16.2. The summed E-state index contributed by atoms with van der Waals surface area (Å²) in [7, 11) is 0. The van der Waals surface area contributed by atoms with Crippen molar-refractivity contribution in [3.8, 4) is 0 Å². The van der Waals surface area contributed by atoms with Crippen LogP contribution in [0.1, 0.15) is 29.7 Å². The van der Waals surface area contributed by atoms with Gasteiger partial charge in [-0.05, 0) is 35.7 Å². The van der Waals surface area contributed by atoms with Crippen molar-refractivity contribution in [2.45, 2.75) is 32.2 Å². The van der Waals surface area contributed by atoms with E-state index < -0.39 is 12.6 Å². The first-order valence-corrected chi connectivity index (χ1v) is 6.99. The second-order valence-corrected chi connectivity index (χ2v) is 5.26. The number of alkyl halides is 3. The number of aliphatic hydroxyl groups excluding tert-OH is 1. The number of nitrogens with one attached hydrogen (secondary N) is 1. The van der Waals surface area contributed by atoms with Crippen molar-refractivity contribution in [1.82, 2.24) is 0 Å². The lowest BCUT2D eigenvalue weighted by atomic mass is 10.0. The molecule has 0 aliphatic rings. The summed E-state index contributed by atoms with van der Waals surface area (Å²) in [6.45, 7) is 1.94. The molecule has 0 fully saturated rings. The maximum absolute atomic E-state index is 12.3. The van der Waals surface area contributed by atoms with Crippen molar-refractivity contribution in [2.75, 3.05) is 5.32 Å². The molecule has 1 unspecified atom stereocenters. The van der Waals surface area contributed by atoms with Crippen LogP contribution in [0.5, 0.6) is 0 Å². The highest BCUT2D eigenvalue weighted by Crippen LogP contribution is 2.24. The molecule has 2 aromatic carbocycles. The molecule has 0 saturated carbocycles. The van der Waals surface area contributed by atoms with Gasteiger partial charge in [-0.25, -0.2) is 0 Å². The first-order chi connectivity index (χ1) is 10.4. The van der Waals surface area contributed by atoms with Crippen molar-refractivity contribution in [2.24, 2.45) is 0 Å². The average Bonchev–Trinajstić information content (AvgIpc) is 2.48. The first kappa shape index (κ1) is 16.4. The highest BCUT2D eigenvalue weighted by molar-refractivity contribution is 5.47. The van der Waals surface area contributed by atoms with E-state index in [4.69, 9.17) is 5.11 Å². The van der Waals surface area contributed by atoms with E-state index in [-0.39, 0.29) is 18.2 Å². The Morgan fingerprint density at radius 3 is 2.32 bits per heavy atom. The van der Waals surface area contributed by atoms with Gasteiger partial charge < -0.3 is 10.4 Å². The lowest BCUT2D eigenvalue weighted by Crippen LogP contribution is -2.11. The topological polar surface area (TPSA) is 32.3 Å². The number of benzene rings is 2. The van der Waals surface area contributed by atoms with E-state index in [2.05, 4.69) is 5.32 Å². The lowest BCUT2D eigenvalue weighted by Gasteiger charge is -2.17. The van der Waals surface area contributed by atoms with Gasteiger partial charge in [0.15, 0.2) is 0 Å². The highest BCUT2D eigenvalue weighted by Gasteiger charge is 2.27. The summed E-state index contributed by atoms with van der Waals surface area (Å²) < 4.78 is 36.9. The molecule has 1 atom stereocenters. The maximum atomic E-state index is 12.3. The number of aliphatic hydroxyl groups is 1. The van der Waals surface area contributed by atoms with Crippen LogP contribution in [0.4, 0.5) is 18.9 Å². The van der Waals surface area contributed by atoms with Crippen LogP contribution in [0.2, 0.25) is 0 Å². The first-order valence-electron chi connectivity index (χ1n) is 6.99. The zero-order valence-corrected chi connectivity index (χ0v) is 12.2. The fraction of sp³-hybridized carbons (Fsp3) is 0.294. The number of halogens is 3. The monoisotopic (exact) mass is 309 g/mol. The van der Waals surface area contributed by atoms with Gasteiger partial charge in [0.2, 0.25) is 0 Å². The fourth-order valence-corrected chi connectivity index (χ4v) is 2.24. The van der Waals surface area contributed by atoms with Crippen molar-refractivity contribution < 1.29 is 18.3 Å². The summed E-state index contributed by atoms with van der Waals surface area (Å²) in [6, 6.07) is 13.8. The Hall–Kier alpha value is -2.01. The minimum Gasteiger partial charge on any atom is -0.392 e. The molecule has 0 heterocycles. The molecule has 0 aromatic heterocycles. The standard InChI is InChI=1S/C17H18F3NO/c1-12(15-4-2-3-14(9-15)11-22)21-16-7-5-13(6-8-16)10-17(18,19)20/h2-9,12,21-22H,10-11H2,1H3. The van der Waals surface area contributed by atoms with Gasteiger partial charge in [0.25, 0.3) is 0 Å². The summed E-state index contributed by atoms with van der Waals surface area (Å²) in [6.07, 6.45) is -5.10. The van der Waals surface area contributed by atoms with E-state index in [1.165, 1.54) is 12.1 Å². The van der Waals surface area contributed by atoms with Gasteiger partial charge in [-0.1, -0.05) is 36.4 Å². The predicted octanol–water partition coefficient (Wildman–Crippen LogP) is 4.46. The molecule has 2 N–H and O–H groups in total. The SMILES string of the molecule is CC(Nc1ccc(CC(F)(F)F)cc1)c1cccc(CO)c1. The Labute approximate surface area is 127 Å². The maximum Gasteiger partial charge on any atom is 0.393 e. The average molecular weight is 309 g/mol. The predicted molar refractivity (Wildman–Crippen MR) is 80.6 cm³/mol. The second-order valence-electron chi connectivity index (χ2n) is 5.26. The normalized spacial score (nSPS) is 13.0. The van der Waals surface area contributed by atoms with Crippen LogP contribution >= 0.6 is 0 Å². The molecular formula is C17H18F3NO. The molecule has 118 valence electrons. The molecule has 2 aromatic rings. The van der Waals surface area contributed by atoms with E-state index in [0.29, 0.717) is 0 Å². The van der Waals surface area contributed by atoms with Gasteiger partial charge in [0, 0.05) is 11.7 Å².